The highest BCUT2D eigenvalue weighted by Crippen LogP contribution is 2.35. The van der Waals surface area contributed by atoms with E-state index in [-0.39, 0.29) is 11.1 Å². The van der Waals surface area contributed by atoms with Crippen molar-refractivity contribution in [1.29, 1.82) is 0 Å². The van der Waals surface area contributed by atoms with E-state index in [2.05, 4.69) is 41.2 Å². The third kappa shape index (κ3) is 3.39. The first-order chi connectivity index (χ1) is 9.41. The lowest BCUT2D eigenvalue weighted by Crippen LogP contribution is -2.52. The van der Waals surface area contributed by atoms with Gasteiger partial charge in [-0.1, -0.05) is 19.8 Å². The monoisotopic (exact) mass is 278 g/mol. The van der Waals surface area contributed by atoms with Gasteiger partial charge in [0.05, 0.1) is 0 Å². The molecular formula is C15H26N4O. The normalized spacial score (nSPS) is 26.8. The summed E-state index contributed by atoms with van der Waals surface area (Å²) in [5, 5.41) is 3.37. The number of aromatic amines is 1. The van der Waals surface area contributed by atoms with Crippen LogP contribution in [0.1, 0.15) is 38.4 Å². The Morgan fingerprint density at radius 3 is 2.90 bits per heavy atom. The molecule has 5 heteroatoms. The van der Waals surface area contributed by atoms with Crippen LogP contribution < -0.4 is 10.9 Å². The molecule has 5 nitrogen and oxygen atoms in total. The summed E-state index contributed by atoms with van der Waals surface area (Å²) in [6, 6.07) is 1.53. The zero-order valence-electron chi connectivity index (χ0n) is 13.0. The number of nitrogens with zero attached hydrogens (tertiary/aromatic N) is 2. The standard InChI is InChI=1S/C15H26N4O/c1-11-6-5-7-15(9-11,19(3)4)10-16-13-8-14(20)18-12(2)17-13/h8,11H,5-7,9-10H2,1-4H3,(H2,16,17,18,20). The van der Waals surface area contributed by atoms with Crippen LogP contribution in [0.3, 0.4) is 0 Å². The Morgan fingerprint density at radius 1 is 1.55 bits per heavy atom. The summed E-state index contributed by atoms with van der Waals surface area (Å²) in [6.45, 7) is 4.96. The summed E-state index contributed by atoms with van der Waals surface area (Å²) in [4.78, 5) is 20.8. The van der Waals surface area contributed by atoms with E-state index in [9.17, 15) is 4.79 Å². The minimum Gasteiger partial charge on any atom is -0.368 e. The smallest absolute Gasteiger partial charge is 0.252 e. The summed E-state index contributed by atoms with van der Waals surface area (Å²) in [6.07, 6.45) is 4.97. The molecule has 0 amide bonds. The summed E-state index contributed by atoms with van der Waals surface area (Å²) >= 11 is 0. The van der Waals surface area contributed by atoms with Gasteiger partial charge < -0.3 is 15.2 Å². The Kier molecular flexibility index (Phi) is 4.48. The minimum absolute atomic E-state index is 0.101. The molecular weight excluding hydrogens is 252 g/mol. The average molecular weight is 278 g/mol. The number of rotatable bonds is 4. The van der Waals surface area contributed by atoms with E-state index in [4.69, 9.17) is 0 Å². The van der Waals surface area contributed by atoms with Crippen molar-refractivity contribution in [3.05, 3.63) is 22.2 Å². The van der Waals surface area contributed by atoms with Gasteiger partial charge in [0, 0.05) is 18.2 Å². The van der Waals surface area contributed by atoms with Crippen molar-refractivity contribution in [1.82, 2.24) is 14.9 Å². The average Bonchev–Trinajstić information content (AvgIpc) is 2.35. The van der Waals surface area contributed by atoms with Gasteiger partial charge in [0.1, 0.15) is 11.6 Å². The largest absolute Gasteiger partial charge is 0.368 e. The van der Waals surface area contributed by atoms with Crippen LogP contribution in [-0.4, -0.2) is 41.0 Å². The van der Waals surface area contributed by atoms with Crippen LogP contribution >= 0.6 is 0 Å². The number of aromatic nitrogens is 2. The van der Waals surface area contributed by atoms with Crippen molar-refractivity contribution < 1.29 is 0 Å². The zero-order valence-corrected chi connectivity index (χ0v) is 13.0. The highest BCUT2D eigenvalue weighted by molar-refractivity contribution is 5.33. The number of anilines is 1. The summed E-state index contributed by atoms with van der Waals surface area (Å²) in [7, 11) is 4.30. The second kappa shape index (κ2) is 5.95. The van der Waals surface area contributed by atoms with Gasteiger partial charge in [0.15, 0.2) is 0 Å². The predicted molar refractivity (Wildman–Crippen MR) is 82.1 cm³/mol. The van der Waals surface area contributed by atoms with Crippen molar-refractivity contribution in [2.24, 2.45) is 5.92 Å². The number of aryl methyl sites for hydroxylation is 1. The van der Waals surface area contributed by atoms with Crippen LogP contribution in [0.15, 0.2) is 10.9 Å². The number of nitrogens with one attached hydrogen (secondary N) is 2. The molecule has 2 rings (SSSR count). The molecule has 2 unspecified atom stereocenters. The highest BCUT2D eigenvalue weighted by atomic mass is 16.1. The number of hydrogen-bond acceptors (Lipinski definition) is 4. The summed E-state index contributed by atoms with van der Waals surface area (Å²) < 4.78 is 0. The van der Waals surface area contributed by atoms with Gasteiger partial charge in [-0.05, 0) is 39.8 Å². The molecule has 1 heterocycles. The topological polar surface area (TPSA) is 61.0 Å². The molecule has 0 saturated heterocycles. The van der Waals surface area contributed by atoms with E-state index in [1.54, 1.807) is 6.92 Å². The predicted octanol–water partition coefficient (Wildman–Crippen LogP) is 2.00. The molecule has 1 fully saturated rings. The maximum atomic E-state index is 11.5. The van der Waals surface area contributed by atoms with E-state index in [0.29, 0.717) is 11.6 Å². The maximum Gasteiger partial charge on any atom is 0.252 e. The Balaban J connectivity index is 2.11. The lowest BCUT2D eigenvalue weighted by Gasteiger charge is -2.45. The molecule has 1 aliphatic carbocycles. The number of hydrogen-bond donors (Lipinski definition) is 2. The van der Waals surface area contributed by atoms with E-state index >= 15 is 0 Å². The van der Waals surface area contributed by atoms with E-state index in [0.717, 1.165) is 12.5 Å². The Labute approximate surface area is 120 Å². The van der Waals surface area contributed by atoms with Crippen molar-refractivity contribution in [3.8, 4) is 0 Å². The van der Waals surface area contributed by atoms with Crippen molar-refractivity contribution in [3.63, 3.8) is 0 Å². The quantitative estimate of drug-likeness (QED) is 0.884. The molecule has 20 heavy (non-hydrogen) atoms. The molecule has 1 aromatic heterocycles. The van der Waals surface area contributed by atoms with Crippen LogP contribution in [0, 0.1) is 12.8 Å². The lowest BCUT2D eigenvalue weighted by atomic mass is 9.75. The highest BCUT2D eigenvalue weighted by Gasteiger charge is 2.36. The minimum atomic E-state index is -0.101. The van der Waals surface area contributed by atoms with Crippen molar-refractivity contribution in [2.45, 2.75) is 45.1 Å². The maximum absolute atomic E-state index is 11.5. The van der Waals surface area contributed by atoms with Gasteiger partial charge in [0.25, 0.3) is 5.56 Å². The first-order valence-corrected chi connectivity index (χ1v) is 7.40. The van der Waals surface area contributed by atoms with Crippen LogP contribution in [0.5, 0.6) is 0 Å². The third-order valence-corrected chi connectivity index (χ3v) is 4.47. The second-order valence-electron chi connectivity index (χ2n) is 6.39. The molecule has 0 aliphatic heterocycles. The van der Waals surface area contributed by atoms with Gasteiger partial charge in [-0.25, -0.2) is 4.98 Å². The van der Waals surface area contributed by atoms with Gasteiger partial charge >= 0.3 is 0 Å². The molecule has 0 radical (unpaired) electrons. The molecule has 2 N–H and O–H groups in total. The van der Waals surface area contributed by atoms with E-state index in [1.807, 2.05) is 0 Å². The molecule has 2 atom stereocenters. The fourth-order valence-corrected chi connectivity index (χ4v) is 3.28. The van der Waals surface area contributed by atoms with Gasteiger partial charge in [-0.3, -0.25) is 4.79 Å². The summed E-state index contributed by atoms with van der Waals surface area (Å²) in [5.74, 6) is 2.07. The Hall–Kier alpha value is -1.36. The fraction of sp³-hybridized carbons (Fsp3) is 0.733. The first-order valence-electron chi connectivity index (χ1n) is 7.40. The second-order valence-corrected chi connectivity index (χ2v) is 6.39. The van der Waals surface area contributed by atoms with Crippen molar-refractivity contribution in [2.75, 3.05) is 26.0 Å². The molecule has 1 aliphatic rings. The Morgan fingerprint density at radius 2 is 2.30 bits per heavy atom. The van der Waals surface area contributed by atoms with Gasteiger partial charge in [0.2, 0.25) is 0 Å². The Bertz CT molecular complexity index is 511. The lowest BCUT2D eigenvalue weighted by molar-refractivity contribution is 0.0881. The van der Waals surface area contributed by atoms with Crippen LogP contribution in [0.2, 0.25) is 0 Å². The summed E-state index contributed by atoms with van der Waals surface area (Å²) in [5.41, 5.74) is 0.0615. The fourth-order valence-electron chi connectivity index (χ4n) is 3.28. The first kappa shape index (κ1) is 15.0. The van der Waals surface area contributed by atoms with Crippen LogP contribution in [0.4, 0.5) is 5.82 Å². The molecule has 1 aromatic rings. The van der Waals surface area contributed by atoms with Crippen molar-refractivity contribution >= 4 is 5.82 Å². The molecule has 112 valence electrons. The van der Waals surface area contributed by atoms with Gasteiger partial charge in [-0.2, -0.15) is 0 Å². The number of likely N-dealkylation sites (N-methyl/N-ethyl adjacent to an activating group) is 1. The number of H-pyrrole nitrogens is 1. The molecule has 0 aromatic carbocycles. The molecule has 0 bridgehead atoms. The SMILES string of the molecule is Cc1nc(NCC2(N(C)C)CCCC(C)C2)cc(=O)[nH]1. The third-order valence-electron chi connectivity index (χ3n) is 4.47. The molecule has 1 saturated carbocycles. The van der Waals surface area contributed by atoms with Crippen LogP contribution in [0.25, 0.3) is 0 Å². The van der Waals surface area contributed by atoms with Gasteiger partial charge in [-0.15, -0.1) is 0 Å². The zero-order chi connectivity index (χ0) is 14.8. The molecule has 0 spiro atoms. The van der Waals surface area contributed by atoms with E-state index in [1.165, 1.54) is 31.7 Å². The van der Waals surface area contributed by atoms with Crippen LogP contribution in [-0.2, 0) is 0 Å². The van der Waals surface area contributed by atoms with E-state index < -0.39 is 0 Å².